The van der Waals surface area contributed by atoms with Gasteiger partial charge in [0.2, 0.25) is 17.6 Å². The normalized spacial score (nSPS) is 17.8. The molecule has 3 aromatic heterocycles. The van der Waals surface area contributed by atoms with Crippen molar-refractivity contribution in [3.8, 4) is 11.4 Å². The maximum atomic E-state index is 13.2. The van der Waals surface area contributed by atoms with E-state index in [4.69, 9.17) is 4.52 Å². The van der Waals surface area contributed by atoms with Gasteiger partial charge in [-0.15, -0.1) is 0 Å². The van der Waals surface area contributed by atoms with Crippen LogP contribution in [0.15, 0.2) is 41.3 Å². The van der Waals surface area contributed by atoms with Crippen LogP contribution in [0, 0.1) is 6.92 Å². The Morgan fingerprint density at radius 2 is 2.03 bits per heavy atom. The van der Waals surface area contributed by atoms with E-state index in [-0.39, 0.29) is 24.6 Å². The molecule has 0 aliphatic heterocycles. The molecule has 2 aliphatic rings. The molecule has 0 unspecified atom stereocenters. The van der Waals surface area contributed by atoms with Crippen LogP contribution in [0.4, 0.5) is 14.5 Å². The second-order valence-electron chi connectivity index (χ2n) is 8.88. The minimum atomic E-state index is -2.66. The van der Waals surface area contributed by atoms with Crippen LogP contribution < -0.4 is 5.32 Å². The molecular weight excluding hydrogens is 430 g/mol. The Balaban J connectivity index is 1.23. The molecule has 10 heteroatoms. The SMILES string of the molecule is Cc1ccc(-c2noc(C3CC(F)(F)C3)n2)cc1NC(=O)c1cnn2cc(C3CC3)ncc12. The van der Waals surface area contributed by atoms with Crippen molar-refractivity contribution in [2.24, 2.45) is 0 Å². The van der Waals surface area contributed by atoms with Gasteiger partial charge in [-0.3, -0.25) is 9.78 Å². The van der Waals surface area contributed by atoms with Crippen molar-refractivity contribution in [1.29, 1.82) is 0 Å². The average Bonchev–Trinajstić information content (AvgIpc) is 3.35. The Kier molecular flexibility index (Phi) is 4.33. The summed E-state index contributed by atoms with van der Waals surface area (Å²) in [6.07, 6.45) is 6.81. The molecule has 1 aromatic carbocycles. The van der Waals surface area contributed by atoms with Crippen LogP contribution in [0.1, 0.15) is 65.0 Å². The Morgan fingerprint density at radius 1 is 1.21 bits per heavy atom. The number of aromatic nitrogens is 5. The summed E-state index contributed by atoms with van der Waals surface area (Å²) in [5.41, 5.74) is 4.09. The molecule has 8 nitrogen and oxygen atoms in total. The standard InChI is InChI=1S/C23H20F2N6O2/c1-12-2-3-14(20-29-22(33-30-20)15-7-23(24,25)8-15)6-17(12)28-21(32)16-9-27-31-11-18(13-4-5-13)26-10-19(16)31/h2-3,6,9-11,13,15H,4-5,7-8H2,1H3,(H,28,32). The van der Waals surface area contributed by atoms with E-state index in [9.17, 15) is 13.6 Å². The molecule has 168 valence electrons. The van der Waals surface area contributed by atoms with Gasteiger partial charge < -0.3 is 9.84 Å². The first-order valence-electron chi connectivity index (χ1n) is 10.8. The number of benzene rings is 1. The lowest BCUT2D eigenvalue weighted by atomic mass is 9.81. The first kappa shape index (κ1) is 20.0. The molecule has 0 atom stereocenters. The molecular formula is C23H20F2N6O2. The number of amides is 1. The zero-order valence-corrected chi connectivity index (χ0v) is 17.8. The maximum Gasteiger partial charge on any atom is 0.259 e. The predicted octanol–water partition coefficient (Wildman–Crippen LogP) is 4.73. The van der Waals surface area contributed by atoms with Crippen LogP contribution >= 0.6 is 0 Å². The maximum absolute atomic E-state index is 13.2. The van der Waals surface area contributed by atoms with E-state index in [0.717, 1.165) is 24.1 Å². The number of hydrogen-bond donors (Lipinski definition) is 1. The first-order valence-corrected chi connectivity index (χ1v) is 10.8. The highest BCUT2D eigenvalue weighted by Gasteiger charge is 2.48. The summed E-state index contributed by atoms with van der Waals surface area (Å²) in [6.45, 7) is 1.87. The number of aryl methyl sites for hydroxylation is 1. The smallest absolute Gasteiger partial charge is 0.259 e. The van der Waals surface area contributed by atoms with Crippen molar-refractivity contribution in [2.45, 2.75) is 50.4 Å². The van der Waals surface area contributed by atoms with Gasteiger partial charge in [-0.1, -0.05) is 17.3 Å². The van der Waals surface area contributed by atoms with Crippen molar-refractivity contribution in [3.05, 3.63) is 59.5 Å². The zero-order valence-electron chi connectivity index (χ0n) is 17.8. The lowest BCUT2D eigenvalue weighted by Gasteiger charge is -2.31. The van der Waals surface area contributed by atoms with Gasteiger partial charge >= 0.3 is 0 Å². The van der Waals surface area contributed by atoms with E-state index < -0.39 is 11.8 Å². The Morgan fingerprint density at radius 3 is 2.79 bits per heavy atom. The summed E-state index contributed by atoms with van der Waals surface area (Å²) >= 11 is 0. The number of nitrogens with zero attached hydrogens (tertiary/aromatic N) is 5. The summed E-state index contributed by atoms with van der Waals surface area (Å²) < 4.78 is 33.2. The second kappa shape index (κ2) is 7.16. The molecule has 0 bridgehead atoms. The molecule has 1 N–H and O–H groups in total. The van der Waals surface area contributed by atoms with E-state index in [2.05, 4.69) is 25.5 Å². The molecule has 1 amide bonds. The first-order chi connectivity index (χ1) is 15.9. The van der Waals surface area contributed by atoms with Crippen LogP contribution in [-0.2, 0) is 0 Å². The fraction of sp³-hybridized carbons (Fsp3) is 0.348. The third-order valence-electron chi connectivity index (χ3n) is 6.29. The van der Waals surface area contributed by atoms with Gasteiger partial charge in [0.15, 0.2) is 0 Å². The van der Waals surface area contributed by atoms with E-state index in [1.165, 1.54) is 6.20 Å². The largest absolute Gasteiger partial charge is 0.339 e. The average molecular weight is 450 g/mol. The second-order valence-corrected chi connectivity index (χ2v) is 8.88. The van der Waals surface area contributed by atoms with Crippen LogP contribution in [0.25, 0.3) is 16.9 Å². The molecule has 6 rings (SSSR count). The summed E-state index contributed by atoms with van der Waals surface area (Å²) in [5.74, 6) is -2.39. The minimum absolute atomic E-state index is 0.214. The van der Waals surface area contributed by atoms with Gasteiger partial charge in [-0.25, -0.2) is 13.3 Å². The van der Waals surface area contributed by atoms with Gasteiger partial charge in [0.05, 0.1) is 35.4 Å². The Bertz CT molecular complexity index is 1380. The molecule has 0 saturated heterocycles. The van der Waals surface area contributed by atoms with Crippen molar-refractivity contribution in [3.63, 3.8) is 0 Å². The van der Waals surface area contributed by atoms with Crippen molar-refractivity contribution in [2.75, 3.05) is 5.32 Å². The molecule has 3 heterocycles. The van der Waals surface area contributed by atoms with Crippen molar-refractivity contribution >= 4 is 17.1 Å². The molecule has 2 saturated carbocycles. The number of carbonyl (C=O) groups excluding carboxylic acids is 1. The number of alkyl halides is 2. The topological polar surface area (TPSA) is 98.2 Å². The fourth-order valence-electron chi connectivity index (χ4n) is 4.10. The van der Waals surface area contributed by atoms with E-state index >= 15 is 0 Å². The lowest BCUT2D eigenvalue weighted by Crippen LogP contribution is -2.33. The third-order valence-corrected chi connectivity index (χ3v) is 6.29. The van der Waals surface area contributed by atoms with Gasteiger partial charge in [0.25, 0.3) is 5.91 Å². The fourth-order valence-corrected chi connectivity index (χ4v) is 4.10. The minimum Gasteiger partial charge on any atom is -0.339 e. The summed E-state index contributed by atoms with van der Waals surface area (Å²) in [7, 11) is 0. The molecule has 2 aliphatic carbocycles. The molecule has 0 spiro atoms. The zero-order chi connectivity index (χ0) is 22.7. The lowest BCUT2D eigenvalue weighted by molar-refractivity contribution is -0.0925. The Labute approximate surface area is 187 Å². The summed E-state index contributed by atoms with van der Waals surface area (Å²) in [6, 6.07) is 5.37. The van der Waals surface area contributed by atoms with Crippen molar-refractivity contribution in [1.82, 2.24) is 24.7 Å². The van der Waals surface area contributed by atoms with Crippen LogP contribution in [-0.4, -0.2) is 36.6 Å². The molecule has 4 aromatic rings. The predicted molar refractivity (Wildman–Crippen MR) is 114 cm³/mol. The third kappa shape index (κ3) is 3.65. The van der Waals surface area contributed by atoms with Crippen LogP contribution in [0.2, 0.25) is 0 Å². The van der Waals surface area contributed by atoms with Gasteiger partial charge in [0, 0.05) is 35.9 Å². The molecule has 33 heavy (non-hydrogen) atoms. The number of fused-ring (bicyclic) bond motifs is 1. The monoisotopic (exact) mass is 450 g/mol. The van der Waals surface area contributed by atoms with Gasteiger partial charge in [-0.05, 0) is 31.4 Å². The summed E-state index contributed by atoms with van der Waals surface area (Å²) in [5, 5.41) is 11.2. The van der Waals surface area contributed by atoms with Gasteiger partial charge in [0.1, 0.15) is 0 Å². The van der Waals surface area contributed by atoms with Crippen molar-refractivity contribution < 1.29 is 18.1 Å². The molecule has 0 radical (unpaired) electrons. The number of halogens is 2. The Hall–Kier alpha value is -3.69. The number of rotatable bonds is 5. The van der Waals surface area contributed by atoms with E-state index in [0.29, 0.717) is 34.1 Å². The van der Waals surface area contributed by atoms with Crippen LogP contribution in [0.5, 0.6) is 0 Å². The van der Waals surface area contributed by atoms with Crippen LogP contribution in [0.3, 0.4) is 0 Å². The highest BCUT2D eigenvalue weighted by Crippen LogP contribution is 2.48. The van der Waals surface area contributed by atoms with E-state index in [1.807, 2.05) is 19.2 Å². The number of carbonyl (C=O) groups is 1. The summed E-state index contributed by atoms with van der Waals surface area (Å²) in [4.78, 5) is 21.8. The van der Waals surface area contributed by atoms with Gasteiger partial charge in [-0.2, -0.15) is 10.1 Å². The van der Waals surface area contributed by atoms with E-state index in [1.54, 1.807) is 22.8 Å². The number of anilines is 1. The highest BCUT2D eigenvalue weighted by atomic mass is 19.3. The highest BCUT2D eigenvalue weighted by molar-refractivity contribution is 6.09. The number of nitrogens with one attached hydrogen (secondary N) is 1. The number of hydrogen-bond acceptors (Lipinski definition) is 6. The molecule has 2 fully saturated rings. The quantitative estimate of drug-likeness (QED) is 0.472.